The van der Waals surface area contributed by atoms with Crippen molar-refractivity contribution < 1.29 is 14.3 Å². The number of hydrogen-bond donors (Lipinski definition) is 1. The lowest BCUT2D eigenvalue weighted by Gasteiger charge is -2.33. The molecule has 1 aromatic rings. The fourth-order valence-corrected chi connectivity index (χ4v) is 2.33. The van der Waals surface area contributed by atoms with Crippen molar-refractivity contribution in [2.75, 3.05) is 37.9 Å². The third-order valence-corrected chi connectivity index (χ3v) is 3.39. The van der Waals surface area contributed by atoms with E-state index in [1.54, 1.807) is 19.4 Å². The summed E-state index contributed by atoms with van der Waals surface area (Å²) in [5, 5.41) is 0. The number of nitrogen functional groups attached to an aromatic ring is 1. The van der Waals surface area contributed by atoms with Crippen molar-refractivity contribution in [1.29, 1.82) is 0 Å². The minimum Gasteiger partial charge on any atom is -0.465 e. The lowest BCUT2D eigenvalue weighted by Crippen LogP contribution is -2.40. The van der Waals surface area contributed by atoms with Crippen molar-refractivity contribution in [3.63, 3.8) is 0 Å². The maximum absolute atomic E-state index is 11.6. The molecule has 1 unspecified atom stereocenters. The third kappa shape index (κ3) is 2.78. The molecule has 1 aliphatic rings. The molecule has 1 atom stereocenters. The van der Waals surface area contributed by atoms with Gasteiger partial charge in [-0.2, -0.15) is 0 Å². The van der Waals surface area contributed by atoms with Crippen molar-refractivity contribution in [1.82, 2.24) is 4.98 Å². The number of pyridine rings is 1. The zero-order valence-electron chi connectivity index (χ0n) is 11.3. The van der Waals surface area contributed by atoms with Crippen LogP contribution in [-0.4, -0.2) is 44.4 Å². The molecule has 0 aliphatic carbocycles. The van der Waals surface area contributed by atoms with Crippen molar-refractivity contribution in [2.24, 2.45) is 0 Å². The number of aromatic nitrogens is 1. The summed E-state index contributed by atoms with van der Waals surface area (Å²) >= 11 is 0. The predicted molar refractivity (Wildman–Crippen MR) is 72.2 cm³/mol. The van der Waals surface area contributed by atoms with E-state index in [9.17, 15) is 4.79 Å². The highest BCUT2D eigenvalue weighted by Gasteiger charge is 2.24. The lowest BCUT2D eigenvalue weighted by molar-refractivity contribution is 0.0602. The molecule has 1 fully saturated rings. The van der Waals surface area contributed by atoms with Gasteiger partial charge in [-0.3, -0.25) is 0 Å². The summed E-state index contributed by atoms with van der Waals surface area (Å²) in [6, 6.07) is 1.57. The Kier molecular flexibility index (Phi) is 4.21. The van der Waals surface area contributed by atoms with Gasteiger partial charge in [-0.15, -0.1) is 0 Å². The highest BCUT2D eigenvalue weighted by atomic mass is 16.5. The number of carbonyl (C=O) groups excluding carboxylic acids is 1. The van der Waals surface area contributed by atoms with Crippen LogP contribution in [0.4, 0.5) is 11.5 Å². The molecule has 0 spiro atoms. The first kappa shape index (κ1) is 13.6. The molecular formula is C13H19N3O3. The van der Waals surface area contributed by atoms with Crippen LogP contribution in [0.15, 0.2) is 12.3 Å². The Hall–Kier alpha value is -1.82. The zero-order valence-corrected chi connectivity index (χ0v) is 11.3. The van der Waals surface area contributed by atoms with Crippen LogP contribution in [0.25, 0.3) is 0 Å². The van der Waals surface area contributed by atoms with E-state index in [0.29, 0.717) is 17.1 Å². The molecule has 1 aromatic heterocycles. The van der Waals surface area contributed by atoms with Gasteiger partial charge in [-0.25, -0.2) is 9.78 Å². The van der Waals surface area contributed by atoms with E-state index in [-0.39, 0.29) is 6.10 Å². The van der Waals surface area contributed by atoms with Crippen LogP contribution >= 0.6 is 0 Å². The van der Waals surface area contributed by atoms with Gasteiger partial charge in [0.05, 0.1) is 24.5 Å². The summed E-state index contributed by atoms with van der Waals surface area (Å²) in [5.41, 5.74) is 6.75. The Bertz CT molecular complexity index is 464. The number of esters is 1. The molecule has 6 heteroatoms. The minimum atomic E-state index is -0.443. The molecule has 2 rings (SSSR count). The number of piperidine rings is 1. The first-order valence-corrected chi connectivity index (χ1v) is 6.28. The number of anilines is 2. The van der Waals surface area contributed by atoms with Crippen LogP contribution in [0.5, 0.6) is 0 Å². The van der Waals surface area contributed by atoms with Gasteiger partial charge in [0.1, 0.15) is 0 Å². The van der Waals surface area contributed by atoms with E-state index < -0.39 is 5.97 Å². The lowest BCUT2D eigenvalue weighted by atomic mass is 10.1. The number of ether oxygens (including phenoxy) is 2. The van der Waals surface area contributed by atoms with Gasteiger partial charge in [0.2, 0.25) is 0 Å². The topological polar surface area (TPSA) is 77.7 Å². The van der Waals surface area contributed by atoms with Crippen LogP contribution in [0.1, 0.15) is 23.2 Å². The number of nitrogens with two attached hydrogens (primary N) is 1. The maximum Gasteiger partial charge on any atom is 0.340 e. The maximum atomic E-state index is 11.6. The number of carbonyl (C=O) groups is 1. The first-order valence-electron chi connectivity index (χ1n) is 6.28. The van der Waals surface area contributed by atoms with E-state index in [1.807, 2.05) is 0 Å². The Morgan fingerprint density at radius 2 is 2.32 bits per heavy atom. The molecule has 0 radical (unpaired) electrons. The van der Waals surface area contributed by atoms with E-state index in [4.69, 9.17) is 15.2 Å². The third-order valence-electron chi connectivity index (χ3n) is 3.39. The average Bonchev–Trinajstić information content (AvgIpc) is 2.46. The Labute approximate surface area is 112 Å². The van der Waals surface area contributed by atoms with E-state index in [2.05, 4.69) is 9.88 Å². The second-order valence-corrected chi connectivity index (χ2v) is 4.53. The molecule has 0 bridgehead atoms. The molecule has 1 aliphatic heterocycles. The molecule has 2 N–H and O–H groups in total. The summed E-state index contributed by atoms with van der Waals surface area (Å²) in [6.45, 7) is 1.60. The standard InChI is InChI=1S/C13H19N3O3/c1-18-9-4-3-7-16(8-9)12-11(14)10(5-6-15-12)13(17)19-2/h5-6,9H,3-4,7-8,14H2,1-2H3. The van der Waals surface area contributed by atoms with E-state index in [0.717, 1.165) is 25.9 Å². The molecule has 0 aromatic carbocycles. The fraction of sp³-hybridized carbons (Fsp3) is 0.538. The van der Waals surface area contributed by atoms with Crippen molar-refractivity contribution in [3.05, 3.63) is 17.8 Å². The predicted octanol–water partition coefficient (Wildman–Crippen LogP) is 1.07. The summed E-state index contributed by atoms with van der Waals surface area (Å²) in [6.07, 6.45) is 3.80. The minimum absolute atomic E-state index is 0.178. The molecule has 1 saturated heterocycles. The first-order chi connectivity index (χ1) is 9.17. The zero-order chi connectivity index (χ0) is 13.8. The highest BCUT2D eigenvalue weighted by molar-refractivity contribution is 5.97. The molecule has 104 valence electrons. The summed E-state index contributed by atoms with van der Waals surface area (Å²) < 4.78 is 10.1. The van der Waals surface area contributed by atoms with E-state index >= 15 is 0 Å². The average molecular weight is 265 g/mol. The number of nitrogens with zero attached hydrogens (tertiary/aromatic N) is 2. The number of rotatable bonds is 3. The van der Waals surface area contributed by atoms with E-state index in [1.165, 1.54) is 7.11 Å². The summed E-state index contributed by atoms with van der Waals surface area (Å²) in [7, 11) is 3.04. The van der Waals surface area contributed by atoms with Gasteiger partial charge < -0.3 is 20.1 Å². The van der Waals surface area contributed by atoms with Crippen LogP contribution in [-0.2, 0) is 9.47 Å². The van der Waals surface area contributed by atoms with Gasteiger partial charge in [0.15, 0.2) is 5.82 Å². The van der Waals surface area contributed by atoms with Crippen LogP contribution in [0.3, 0.4) is 0 Å². The van der Waals surface area contributed by atoms with Crippen LogP contribution < -0.4 is 10.6 Å². The second-order valence-electron chi connectivity index (χ2n) is 4.53. The quantitative estimate of drug-likeness (QED) is 0.824. The van der Waals surface area contributed by atoms with Crippen molar-refractivity contribution in [2.45, 2.75) is 18.9 Å². The summed E-state index contributed by atoms with van der Waals surface area (Å²) in [4.78, 5) is 18.0. The van der Waals surface area contributed by atoms with Gasteiger partial charge >= 0.3 is 5.97 Å². The van der Waals surface area contributed by atoms with Gasteiger partial charge in [-0.05, 0) is 18.9 Å². The summed E-state index contributed by atoms with van der Waals surface area (Å²) in [5.74, 6) is 0.186. The molecule has 2 heterocycles. The normalized spacial score (nSPS) is 19.3. The Morgan fingerprint density at radius 1 is 1.53 bits per heavy atom. The van der Waals surface area contributed by atoms with Gasteiger partial charge in [0, 0.05) is 26.4 Å². The Morgan fingerprint density at radius 3 is 3.00 bits per heavy atom. The van der Waals surface area contributed by atoms with Crippen LogP contribution in [0, 0.1) is 0 Å². The molecule has 0 saturated carbocycles. The molecule has 19 heavy (non-hydrogen) atoms. The second kappa shape index (κ2) is 5.88. The number of methoxy groups -OCH3 is 2. The van der Waals surface area contributed by atoms with Crippen molar-refractivity contribution in [3.8, 4) is 0 Å². The van der Waals surface area contributed by atoms with Gasteiger partial charge in [-0.1, -0.05) is 0 Å². The van der Waals surface area contributed by atoms with Gasteiger partial charge in [0.25, 0.3) is 0 Å². The smallest absolute Gasteiger partial charge is 0.340 e. The van der Waals surface area contributed by atoms with Crippen LogP contribution in [0.2, 0.25) is 0 Å². The molecule has 6 nitrogen and oxygen atoms in total. The highest BCUT2D eigenvalue weighted by Crippen LogP contribution is 2.27. The Balaban J connectivity index is 2.27. The monoisotopic (exact) mass is 265 g/mol. The SMILES string of the molecule is COC(=O)c1ccnc(N2CCCC(OC)C2)c1N. The molecule has 0 amide bonds. The molecular weight excluding hydrogens is 246 g/mol. The fourth-order valence-electron chi connectivity index (χ4n) is 2.33. The largest absolute Gasteiger partial charge is 0.465 e. The van der Waals surface area contributed by atoms with Crippen molar-refractivity contribution >= 4 is 17.5 Å². The number of hydrogen-bond acceptors (Lipinski definition) is 6.